The van der Waals surface area contributed by atoms with Gasteiger partial charge in [0.05, 0.1) is 14.2 Å². The largest absolute Gasteiger partial charge is 0.422 e. The van der Waals surface area contributed by atoms with E-state index in [1.165, 1.54) is 14.2 Å². The third-order valence-electron chi connectivity index (χ3n) is 1.89. The lowest BCUT2D eigenvalue weighted by Crippen LogP contribution is -2.07. The maximum atomic E-state index is 11.1. The Morgan fingerprint density at radius 1 is 1.29 bits per heavy atom. The highest BCUT2D eigenvalue weighted by Gasteiger charge is 2.01. The van der Waals surface area contributed by atoms with Crippen molar-refractivity contribution in [2.24, 2.45) is 0 Å². The lowest BCUT2D eigenvalue weighted by molar-refractivity contribution is -0.248. The highest BCUT2D eigenvalue weighted by molar-refractivity contribution is 6.27. The van der Waals surface area contributed by atoms with E-state index >= 15 is 0 Å². The molecule has 0 aromatic carbocycles. The minimum atomic E-state index is -0.386. The summed E-state index contributed by atoms with van der Waals surface area (Å²) in [5.74, 6) is 0.193. The van der Waals surface area contributed by atoms with Crippen LogP contribution in [0, 0.1) is 0 Å². The molecule has 0 atom stereocenters. The van der Waals surface area contributed by atoms with Crippen molar-refractivity contribution < 1.29 is 19.0 Å². The molecule has 0 heterocycles. The van der Waals surface area contributed by atoms with Gasteiger partial charge < -0.3 is 4.43 Å². The van der Waals surface area contributed by atoms with Gasteiger partial charge in [-0.3, -0.25) is 4.79 Å². The van der Waals surface area contributed by atoms with Gasteiger partial charge in [-0.05, 0) is 38.8 Å². The summed E-state index contributed by atoms with van der Waals surface area (Å²) in [5.41, 5.74) is 0.673. The molecule has 0 aliphatic carbocycles. The lowest BCUT2D eigenvalue weighted by Gasteiger charge is -2.06. The number of hydrogen-bond donors (Lipinski definition) is 0. The molecule has 5 heteroatoms. The van der Waals surface area contributed by atoms with Crippen molar-refractivity contribution >= 4 is 15.5 Å². The molecular weight excluding hydrogens is 236 g/mol. The van der Waals surface area contributed by atoms with Gasteiger partial charge in [0, 0.05) is 12.5 Å². The first kappa shape index (κ1) is 18.9. The van der Waals surface area contributed by atoms with Crippen molar-refractivity contribution in [1.29, 1.82) is 0 Å². The molecule has 0 aliphatic heterocycles. The Morgan fingerprint density at radius 2 is 1.82 bits per heavy atom. The normalized spacial score (nSPS) is 10.5. The molecule has 0 aromatic rings. The number of carbonyl (C=O) groups is 1. The third kappa shape index (κ3) is 18.1. The maximum Gasteiger partial charge on any atom is 0.161 e. The minimum absolute atomic E-state index is 0.193. The number of Topliss-reactive ketones (excluding diaryl/α,β-unsaturated/α-hetero) is 1. The molecule has 0 radical (unpaired) electrons. The molecular formula is C12H26O4Si. The van der Waals surface area contributed by atoms with Crippen LogP contribution in [0.4, 0.5) is 0 Å². The van der Waals surface area contributed by atoms with Gasteiger partial charge in [-0.1, -0.05) is 6.58 Å². The van der Waals surface area contributed by atoms with Crippen LogP contribution in [0.5, 0.6) is 0 Å². The lowest BCUT2D eigenvalue weighted by atomic mass is 10.1. The first-order valence-electron chi connectivity index (χ1n) is 5.82. The molecule has 0 rings (SSSR count). The van der Waals surface area contributed by atoms with Gasteiger partial charge in [0.25, 0.3) is 0 Å². The van der Waals surface area contributed by atoms with Gasteiger partial charge in [0.15, 0.2) is 15.5 Å². The van der Waals surface area contributed by atoms with Crippen LogP contribution in [0.3, 0.4) is 0 Å². The fourth-order valence-corrected chi connectivity index (χ4v) is 2.01. The maximum absolute atomic E-state index is 11.1. The van der Waals surface area contributed by atoms with Crippen LogP contribution in [-0.4, -0.2) is 35.9 Å². The van der Waals surface area contributed by atoms with Crippen LogP contribution in [-0.2, 0) is 19.0 Å². The van der Waals surface area contributed by atoms with Crippen LogP contribution >= 0.6 is 0 Å². The second kappa shape index (κ2) is 13.6. The van der Waals surface area contributed by atoms with E-state index in [1.54, 1.807) is 6.92 Å². The van der Waals surface area contributed by atoms with E-state index in [9.17, 15) is 4.79 Å². The van der Waals surface area contributed by atoms with Crippen molar-refractivity contribution in [1.82, 2.24) is 0 Å². The summed E-state index contributed by atoms with van der Waals surface area (Å²) in [6, 6.07) is 1.09. The first-order valence-corrected chi connectivity index (χ1v) is 7.40. The smallest absolute Gasteiger partial charge is 0.161 e. The Hall–Kier alpha value is -0.493. The molecule has 0 saturated carbocycles. The molecule has 0 N–H and O–H groups in total. The number of allylic oxidation sites excluding steroid dienone is 1. The van der Waals surface area contributed by atoms with E-state index in [4.69, 9.17) is 4.43 Å². The highest BCUT2D eigenvalue weighted by Crippen LogP contribution is 2.02. The average Bonchev–Trinajstić information content (AvgIpc) is 2.28. The molecule has 0 aromatic heterocycles. The van der Waals surface area contributed by atoms with Crippen LogP contribution in [0.1, 0.15) is 33.6 Å². The van der Waals surface area contributed by atoms with Crippen molar-refractivity contribution in [3.8, 4) is 0 Å². The highest BCUT2D eigenvalue weighted by atomic mass is 28.2. The predicted octanol–water partition coefficient (Wildman–Crippen LogP) is 2.03. The first-order chi connectivity index (χ1) is 7.95. The SMILES string of the molecule is C=C(C)C(=O)CCC[SiH2]OC(C)C.COOC. The zero-order valence-electron chi connectivity index (χ0n) is 11.7. The second-order valence-corrected chi connectivity index (χ2v) is 5.36. The summed E-state index contributed by atoms with van der Waals surface area (Å²) < 4.78 is 5.49. The van der Waals surface area contributed by atoms with E-state index in [0.717, 1.165) is 12.5 Å². The summed E-state index contributed by atoms with van der Waals surface area (Å²) in [7, 11) is 2.53. The molecule has 0 saturated heterocycles. The molecule has 4 nitrogen and oxygen atoms in total. The van der Waals surface area contributed by atoms with Crippen LogP contribution in [0.25, 0.3) is 0 Å². The van der Waals surface area contributed by atoms with E-state index in [-0.39, 0.29) is 15.5 Å². The van der Waals surface area contributed by atoms with Gasteiger partial charge in [0.1, 0.15) is 0 Å². The van der Waals surface area contributed by atoms with Crippen molar-refractivity contribution in [3.63, 3.8) is 0 Å². The Bertz CT molecular complexity index is 203. The van der Waals surface area contributed by atoms with Crippen LogP contribution in [0.15, 0.2) is 12.2 Å². The van der Waals surface area contributed by atoms with E-state index in [2.05, 4.69) is 16.4 Å². The fraction of sp³-hybridized carbons (Fsp3) is 0.750. The average molecular weight is 262 g/mol. The summed E-state index contributed by atoms with van der Waals surface area (Å²) in [5, 5.41) is 0. The number of hydrogen-bond acceptors (Lipinski definition) is 4. The Morgan fingerprint density at radius 3 is 2.18 bits per heavy atom. The molecule has 0 unspecified atom stereocenters. The van der Waals surface area contributed by atoms with Crippen molar-refractivity contribution in [2.45, 2.75) is 45.8 Å². The quantitative estimate of drug-likeness (QED) is 0.221. The Balaban J connectivity index is 0. The third-order valence-corrected chi connectivity index (χ3v) is 3.58. The van der Waals surface area contributed by atoms with E-state index in [1.807, 2.05) is 13.8 Å². The molecule has 0 aliphatic rings. The predicted molar refractivity (Wildman–Crippen MR) is 72.6 cm³/mol. The van der Waals surface area contributed by atoms with E-state index < -0.39 is 0 Å². The van der Waals surface area contributed by atoms with Crippen LogP contribution in [0.2, 0.25) is 6.04 Å². The molecule has 0 fully saturated rings. The fourth-order valence-electron chi connectivity index (χ4n) is 0.920. The summed E-state index contributed by atoms with van der Waals surface area (Å²) in [4.78, 5) is 19.2. The molecule has 0 spiro atoms. The molecule has 0 amide bonds. The molecule has 0 bridgehead atoms. The number of rotatable bonds is 8. The summed E-state index contributed by atoms with van der Waals surface area (Å²) in [6.07, 6.45) is 1.96. The Kier molecular flexibility index (Phi) is 15.1. The van der Waals surface area contributed by atoms with Gasteiger partial charge in [-0.15, -0.1) is 0 Å². The zero-order valence-corrected chi connectivity index (χ0v) is 13.2. The van der Waals surface area contributed by atoms with Gasteiger partial charge in [0.2, 0.25) is 0 Å². The van der Waals surface area contributed by atoms with Crippen molar-refractivity contribution in [2.75, 3.05) is 14.2 Å². The standard InChI is InChI=1S/C10H20O2Si.C2H6O2/c1-8(2)10(11)6-5-7-13-12-9(3)4;1-3-4-2/h9H,1,5-7,13H2,2-4H3;1-2H3. The second-order valence-electron chi connectivity index (χ2n) is 3.91. The topological polar surface area (TPSA) is 44.8 Å². The summed E-state index contributed by atoms with van der Waals surface area (Å²) >= 11 is 0. The molecule has 17 heavy (non-hydrogen) atoms. The minimum Gasteiger partial charge on any atom is -0.422 e. The molecule has 102 valence electrons. The van der Waals surface area contributed by atoms with Gasteiger partial charge in [-0.2, -0.15) is 0 Å². The zero-order chi connectivity index (χ0) is 13.7. The number of ketones is 1. The number of carbonyl (C=O) groups excluding carboxylic acids is 1. The van der Waals surface area contributed by atoms with Crippen LogP contribution < -0.4 is 0 Å². The van der Waals surface area contributed by atoms with Crippen molar-refractivity contribution in [3.05, 3.63) is 12.2 Å². The summed E-state index contributed by atoms with van der Waals surface area (Å²) in [6.45, 7) is 9.48. The van der Waals surface area contributed by atoms with Gasteiger partial charge >= 0.3 is 0 Å². The van der Waals surface area contributed by atoms with E-state index in [0.29, 0.717) is 18.1 Å². The monoisotopic (exact) mass is 262 g/mol. The van der Waals surface area contributed by atoms with Gasteiger partial charge in [-0.25, -0.2) is 9.78 Å². The Labute approximate surface area is 107 Å².